The first kappa shape index (κ1) is 127. The Morgan fingerprint density at radius 2 is 0.631 bits per heavy atom. The maximum absolute atomic E-state index is 11.9. The Hall–Kier alpha value is -2.69. The van der Waals surface area contributed by atoms with Crippen molar-refractivity contribution in [2.75, 3.05) is 24.7 Å². The highest BCUT2D eigenvalue weighted by molar-refractivity contribution is 7.91. The Morgan fingerprint density at radius 3 is 0.957 bits per heavy atom. The van der Waals surface area contributed by atoms with Crippen LogP contribution in [0.5, 0.6) is 5.75 Å². The number of rotatable bonds is 0. The summed E-state index contributed by atoms with van der Waals surface area (Å²) in [5.41, 5.74) is 6.49. The molecule has 0 radical (unpaired) electrons. The Balaban J connectivity index is 0.000000243. The van der Waals surface area contributed by atoms with Crippen molar-refractivity contribution >= 4 is 33.0 Å². The maximum Gasteiger partial charge on any atom is 0.155 e. The van der Waals surface area contributed by atoms with Crippen molar-refractivity contribution in [3.05, 3.63) is 42.0 Å². The van der Waals surface area contributed by atoms with Crippen LogP contribution in [0.2, 0.25) is 0 Å². The number of sulfone groups is 1. The Morgan fingerprint density at radius 1 is 0.291 bits per heavy atom. The van der Waals surface area contributed by atoms with Gasteiger partial charge in [0.1, 0.15) is 23.1 Å². The molecular weight excluding hydrogens is 1750 g/mol. The van der Waals surface area contributed by atoms with Crippen LogP contribution in [0.25, 0.3) is 0 Å². The van der Waals surface area contributed by atoms with Crippen molar-refractivity contribution in [3.63, 3.8) is 0 Å². The van der Waals surface area contributed by atoms with E-state index in [4.69, 9.17) is 14.2 Å². The van der Waals surface area contributed by atoms with Crippen LogP contribution in [-0.2, 0) is 38.5 Å². The van der Waals surface area contributed by atoms with Gasteiger partial charge in [-0.05, 0) is 304 Å². The molecule has 7 saturated carbocycles. The molecule has 0 aromatic heterocycles. The molecule has 11 fully saturated rings. The third-order valence-electron chi connectivity index (χ3n) is 37.6. The average molecular weight is 1990 g/mol. The number of benzene rings is 1. The highest BCUT2D eigenvalue weighted by Crippen LogP contribution is 2.66. The largest absolute Gasteiger partial charge is 0.493 e. The lowest BCUT2D eigenvalue weighted by atomic mass is 9.56. The SMILES string of the molecule is CC(C)(C)C1C(=O)CC(=O)C1C(C)(C)C.CC(C)(C)C1C2CCC(C2)C1C(C)(C)C.CC(C)(C)C1C2CCC(C2)C1C(C)(C)C.CC(C)(C)C1C2CCC(O2)C1C(C)(C)C.CC(C)(C)C1C=CC(=O)CC1C(C)(C)C.CC(C)(C)C1CCC(=O)CC1C(C)(C)C.CC(C)(C)[C@@H]1COC2CCCCC2[C@@H]1C(C)(C)C.CC(C)(C)[C@@H]1COc2ccccc2[C@@H]1C(C)(C)C.CC(C)(C)[C@@H]1CS(=O)(=O)C[C@@H]1C(C)(C)C. The molecule has 10 heteroatoms. The molecular formula is C131H236O9S. The molecule has 1 aromatic rings. The summed E-state index contributed by atoms with van der Waals surface area (Å²) < 4.78 is 41.9. The molecule has 820 valence electrons. The molecule has 0 N–H and O–H groups in total. The molecule has 26 atom stereocenters. The van der Waals surface area contributed by atoms with Crippen molar-refractivity contribution in [1.82, 2.24) is 0 Å². The van der Waals surface area contributed by atoms with Crippen molar-refractivity contribution in [2.24, 2.45) is 228 Å². The van der Waals surface area contributed by atoms with Crippen molar-refractivity contribution in [1.29, 1.82) is 0 Å². The van der Waals surface area contributed by atoms with Crippen LogP contribution in [0.4, 0.5) is 0 Å². The zero-order valence-electron chi connectivity index (χ0n) is 103. The summed E-state index contributed by atoms with van der Waals surface area (Å²) in [5.74, 6) is 18.4. The smallest absolute Gasteiger partial charge is 0.155 e. The van der Waals surface area contributed by atoms with Gasteiger partial charge < -0.3 is 14.2 Å². The first-order valence-corrected chi connectivity index (χ1v) is 59.6. The van der Waals surface area contributed by atoms with E-state index in [0.717, 1.165) is 109 Å². The molecule has 6 bridgehead atoms. The van der Waals surface area contributed by atoms with Crippen LogP contribution in [-0.4, -0.2) is 74.6 Å². The fourth-order valence-electron chi connectivity index (χ4n) is 31.8. The number of ether oxygens (including phenoxy) is 3. The summed E-state index contributed by atoms with van der Waals surface area (Å²) in [4.78, 5) is 46.8. The molecule has 13 aliphatic rings. The van der Waals surface area contributed by atoms with Crippen LogP contribution in [0.3, 0.4) is 0 Å². The quantitative estimate of drug-likeness (QED) is 0.233. The highest BCUT2D eigenvalue weighted by atomic mass is 32.2. The number of allylic oxidation sites excluding steroid dienone is 2. The molecule has 4 saturated heterocycles. The number of carbonyl (C=O) groups is 4. The van der Waals surface area contributed by atoms with E-state index in [1.807, 2.05) is 41.5 Å². The Labute approximate surface area is 876 Å². The molecule has 20 unspecified atom stereocenters. The van der Waals surface area contributed by atoms with Gasteiger partial charge >= 0.3 is 0 Å². The Bertz CT molecular complexity index is 4010. The van der Waals surface area contributed by atoms with Gasteiger partial charge in [0.05, 0.1) is 49.5 Å². The fraction of sp³-hybridized carbons (Fsp3) is 0.908. The first-order valence-electron chi connectivity index (χ1n) is 57.8. The molecule has 0 spiro atoms. The van der Waals surface area contributed by atoms with Gasteiger partial charge in [0, 0.05) is 37.0 Å². The summed E-state index contributed by atoms with van der Waals surface area (Å²) in [6, 6.07) is 8.54. The van der Waals surface area contributed by atoms with Crippen LogP contribution < -0.4 is 4.74 Å². The summed E-state index contributed by atoms with van der Waals surface area (Å²) in [6.07, 6.45) is 26.2. The molecule has 141 heavy (non-hydrogen) atoms. The molecule has 8 aliphatic carbocycles. The lowest BCUT2D eigenvalue weighted by Crippen LogP contribution is -2.52. The van der Waals surface area contributed by atoms with E-state index in [2.05, 4.69) is 363 Å². The van der Waals surface area contributed by atoms with E-state index in [9.17, 15) is 27.6 Å². The zero-order valence-corrected chi connectivity index (χ0v) is 104. The molecule has 5 heterocycles. The average Bonchev–Trinajstić information content (AvgIpc) is 1.59. The van der Waals surface area contributed by atoms with Crippen molar-refractivity contribution in [3.8, 4) is 5.75 Å². The standard InChI is InChI=1S/C17H32O.C17H26O.2C15H28.2C14H26O.C14H24O.C13H22O2.C12H24O2S/c2*1-16(2,3)13-11-18-14-10-8-7-9-12(14)15(13)17(4,5)6;2*1-14(2,3)12-10-7-8-11(9-10)13(12)15(4,5)6;1-13(2,3)11-9-7-8-10(15-9)12(11)14(4,5)6;2*1-13(2,3)11-8-7-10(15)9-12(11)14(4,5)6;1-12(2,3)10-8(14)7-9(15)11(10)13(4,5)6;1-11(2,3)9-7-15(13,14)8-10(9)12(4,5)6/h12-15H,7-11H2,1-6H3;7-10,13,15H,11H2,1-6H3;2*10-13H,7-9H2,1-6H3;9-12H,7-8H2,1-6H3;11-12H,7-9H2,1-6H3;7-8,11-12H,9H2,1-6H3;10-11H,7H2,1-6H3;9-10H,7-8H2,1-6H3/t12?,13-,14?,15+;13-,15+;;;;;;;9-,10+/m11......./s1. The first-order chi connectivity index (χ1) is 62.8. The number of carbonyl (C=O) groups excluding carboxylic acids is 4. The molecule has 5 aliphatic heterocycles. The molecule has 9 nitrogen and oxygen atoms in total. The topological polar surface area (TPSA) is 130 Å². The lowest BCUT2D eigenvalue weighted by Gasteiger charge is -2.54. The minimum atomic E-state index is -2.81. The van der Waals surface area contributed by atoms with Gasteiger partial charge in [-0.3, -0.25) is 19.2 Å². The third-order valence-corrected chi connectivity index (χ3v) is 39.4. The maximum atomic E-state index is 11.9. The number of hydrogen-bond donors (Lipinski definition) is 0. The van der Waals surface area contributed by atoms with Gasteiger partial charge in [0.25, 0.3) is 0 Å². The van der Waals surface area contributed by atoms with Gasteiger partial charge in [-0.15, -0.1) is 0 Å². The lowest BCUT2D eigenvalue weighted by molar-refractivity contribution is -0.161. The van der Waals surface area contributed by atoms with E-state index in [-0.39, 0.29) is 84.3 Å². The summed E-state index contributed by atoms with van der Waals surface area (Å²) in [7, 11) is -2.81. The van der Waals surface area contributed by atoms with Crippen LogP contribution in [0.1, 0.15) is 495 Å². The normalized spacial score (nSPS) is 33.7. The zero-order chi connectivity index (χ0) is 109. The second-order valence-electron chi connectivity index (χ2n) is 68.1. The van der Waals surface area contributed by atoms with E-state index < -0.39 is 9.84 Å². The minimum absolute atomic E-state index is 0.0848. The van der Waals surface area contributed by atoms with Crippen LogP contribution in [0, 0.1) is 228 Å². The van der Waals surface area contributed by atoms with Gasteiger partial charge in [0.15, 0.2) is 15.6 Å². The van der Waals surface area contributed by atoms with E-state index in [1.54, 1.807) is 6.08 Å². The second-order valence-corrected chi connectivity index (χ2v) is 70.3. The molecule has 14 rings (SSSR count). The molecule has 1 aromatic carbocycles. The number of Topliss-reactive ketones (excluding diaryl/α,β-unsaturated/α-hetero) is 3. The van der Waals surface area contributed by atoms with Crippen LogP contribution in [0.15, 0.2) is 36.4 Å². The van der Waals surface area contributed by atoms with E-state index in [0.29, 0.717) is 144 Å². The molecule has 0 amide bonds. The summed E-state index contributed by atoms with van der Waals surface area (Å²) in [5, 5.41) is 0. The predicted octanol–water partition coefficient (Wildman–Crippen LogP) is 36.6. The third kappa shape index (κ3) is 33.9. The van der Waals surface area contributed by atoms with Crippen LogP contribution >= 0.6 is 0 Å². The monoisotopic (exact) mass is 1990 g/mol. The predicted molar refractivity (Wildman–Crippen MR) is 606 cm³/mol. The van der Waals surface area contributed by atoms with Gasteiger partial charge in [-0.2, -0.15) is 0 Å². The number of fused-ring (bicyclic) bond motifs is 8. The number of hydrogen-bond acceptors (Lipinski definition) is 9. The number of para-hydroxylation sites is 1. The minimum Gasteiger partial charge on any atom is -0.493 e. The fourth-order valence-corrected chi connectivity index (χ4v) is 34.5. The summed E-state index contributed by atoms with van der Waals surface area (Å²) >= 11 is 0. The van der Waals surface area contributed by atoms with Crippen molar-refractivity contribution in [2.45, 2.75) is 507 Å². The summed E-state index contributed by atoms with van der Waals surface area (Å²) in [6.45, 7) is 126. The van der Waals surface area contributed by atoms with Gasteiger partial charge in [-0.25, -0.2) is 8.42 Å². The second kappa shape index (κ2) is 45.3. The highest BCUT2D eigenvalue weighted by Gasteiger charge is 2.61. The number of ketones is 4. The van der Waals surface area contributed by atoms with E-state index >= 15 is 0 Å². The van der Waals surface area contributed by atoms with Gasteiger partial charge in [-0.1, -0.05) is 411 Å². The van der Waals surface area contributed by atoms with E-state index in [1.165, 1.54) is 82.6 Å². The van der Waals surface area contributed by atoms with Gasteiger partial charge in [0.2, 0.25) is 0 Å². The van der Waals surface area contributed by atoms with Crippen molar-refractivity contribution < 1.29 is 41.8 Å². The Kier molecular flexibility index (Phi) is 40.8.